The maximum Gasteiger partial charge on any atom is 0.0550 e. The Labute approximate surface area is 92.3 Å². The minimum atomic E-state index is -0.0597. The van der Waals surface area contributed by atoms with E-state index in [-0.39, 0.29) is 5.54 Å². The van der Waals surface area contributed by atoms with Crippen molar-refractivity contribution in [1.29, 1.82) is 0 Å². The van der Waals surface area contributed by atoms with Crippen LogP contribution in [0.5, 0.6) is 0 Å². The molecule has 0 saturated carbocycles. The molecule has 0 amide bonds. The molecule has 84 valence electrons. The average molecular weight is 207 g/mol. The molecule has 0 radical (unpaired) electrons. The van der Waals surface area contributed by atoms with Crippen LogP contribution in [0.25, 0.3) is 0 Å². The maximum absolute atomic E-state index is 5.93. The predicted octanol–water partition coefficient (Wildman–Crippen LogP) is 2.04. The van der Waals surface area contributed by atoms with Crippen molar-refractivity contribution in [2.24, 2.45) is 5.73 Å². The summed E-state index contributed by atoms with van der Waals surface area (Å²) in [5.74, 6) is 0. The number of anilines is 1. The Bertz CT molecular complexity index is 277. The second-order valence-electron chi connectivity index (χ2n) is 4.72. The van der Waals surface area contributed by atoms with Crippen molar-refractivity contribution in [3.8, 4) is 0 Å². The third kappa shape index (κ3) is 4.79. The van der Waals surface area contributed by atoms with Crippen LogP contribution in [0.15, 0.2) is 24.5 Å². The molecule has 0 saturated heterocycles. The lowest BCUT2D eigenvalue weighted by Crippen LogP contribution is -2.33. The number of rotatable bonds is 5. The molecule has 0 aliphatic rings. The molecule has 3 nitrogen and oxygen atoms in total. The maximum atomic E-state index is 5.93. The second-order valence-corrected chi connectivity index (χ2v) is 4.72. The molecule has 0 fully saturated rings. The fourth-order valence-electron chi connectivity index (χ4n) is 1.48. The lowest BCUT2D eigenvalue weighted by atomic mass is 10.00. The van der Waals surface area contributed by atoms with Gasteiger partial charge in [-0.05, 0) is 38.8 Å². The fourth-order valence-corrected chi connectivity index (χ4v) is 1.48. The van der Waals surface area contributed by atoms with Gasteiger partial charge in [-0.3, -0.25) is 4.98 Å². The van der Waals surface area contributed by atoms with Gasteiger partial charge in [-0.15, -0.1) is 0 Å². The Morgan fingerprint density at radius 1 is 1.47 bits per heavy atom. The summed E-state index contributed by atoms with van der Waals surface area (Å²) in [4.78, 5) is 6.30. The standard InChI is InChI=1S/C12H21N3/c1-12(2,13)7-5-9-15(3)11-6-4-8-14-10-11/h4,6,8,10H,5,7,9,13H2,1-3H3. The van der Waals surface area contributed by atoms with Crippen molar-refractivity contribution in [2.75, 3.05) is 18.5 Å². The lowest BCUT2D eigenvalue weighted by molar-refractivity contribution is 0.460. The van der Waals surface area contributed by atoms with Gasteiger partial charge in [-0.25, -0.2) is 0 Å². The van der Waals surface area contributed by atoms with Gasteiger partial charge in [0.05, 0.1) is 11.9 Å². The zero-order chi connectivity index (χ0) is 11.3. The largest absolute Gasteiger partial charge is 0.373 e. The van der Waals surface area contributed by atoms with Crippen LogP contribution >= 0.6 is 0 Å². The monoisotopic (exact) mass is 207 g/mol. The Morgan fingerprint density at radius 2 is 2.20 bits per heavy atom. The summed E-state index contributed by atoms with van der Waals surface area (Å²) in [6, 6.07) is 4.03. The summed E-state index contributed by atoms with van der Waals surface area (Å²) < 4.78 is 0. The molecule has 0 atom stereocenters. The van der Waals surface area contributed by atoms with Gasteiger partial charge in [0, 0.05) is 25.3 Å². The number of pyridine rings is 1. The molecule has 3 heteroatoms. The summed E-state index contributed by atoms with van der Waals surface area (Å²) >= 11 is 0. The van der Waals surface area contributed by atoms with Crippen LogP contribution in [0.2, 0.25) is 0 Å². The van der Waals surface area contributed by atoms with Gasteiger partial charge in [0.25, 0.3) is 0 Å². The molecule has 1 aromatic heterocycles. The number of nitrogens with zero attached hydrogens (tertiary/aromatic N) is 2. The van der Waals surface area contributed by atoms with Gasteiger partial charge in [0.15, 0.2) is 0 Å². The molecule has 1 rings (SSSR count). The molecule has 0 aliphatic carbocycles. The SMILES string of the molecule is CN(CCCC(C)(C)N)c1cccnc1. The number of aromatic nitrogens is 1. The first-order chi connectivity index (χ1) is 6.99. The van der Waals surface area contributed by atoms with E-state index in [9.17, 15) is 0 Å². The van der Waals surface area contributed by atoms with E-state index in [1.807, 2.05) is 12.3 Å². The van der Waals surface area contributed by atoms with Crippen LogP contribution in [-0.2, 0) is 0 Å². The number of hydrogen-bond acceptors (Lipinski definition) is 3. The van der Waals surface area contributed by atoms with E-state index in [1.54, 1.807) is 6.20 Å². The number of nitrogens with two attached hydrogens (primary N) is 1. The third-order valence-electron chi connectivity index (χ3n) is 2.40. The summed E-state index contributed by atoms with van der Waals surface area (Å²) in [5.41, 5.74) is 7.03. The normalized spacial score (nSPS) is 11.5. The molecule has 15 heavy (non-hydrogen) atoms. The molecule has 0 aliphatic heterocycles. The first-order valence-corrected chi connectivity index (χ1v) is 5.39. The zero-order valence-electron chi connectivity index (χ0n) is 9.90. The average Bonchev–Trinajstić information content (AvgIpc) is 2.17. The van der Waals surface area contributed by atoms with Crippen LogP contribution in [0, 0.1) is 0 Å². The lowest BCUT2D eigenvalue weighted by Gasteiger charge is -2.22. The second kappa shape index (κ2) is 5.12. The summed E-state index contributed by atoms with van der Waals surface area (Å²) in [5, 5.41) is 0. The zero-order valence-corrected chi connectivity index (χ0v) is 9.90. The molecule has 0 aromatic carbocycles. The number of hydrogen-bond donors (Lipinski definition) is 1. The Kier molecular flexibility index (Phi) is 4.09. The van der Waals surface area contributed by atoms with Crippen molar-refractivity contribution in [3.63, 3.8) is 0 Å². The van der Waals surface area contributed by atoms with Crippen molar-refractivity contribution in [2.45, 2.75) is 32.2 Å². The quantitative estimate of drug-likeness (QED) is 0.803. The summed E-state index contributed by atoms with van der Waals surface area (Å²) in [6.45, 7) is 5.15. The molecule has 1 heterocycles. The Hall–Kier alpha value is -1.09. The van der Waals surface area contributed by atoms with Crippen LogP contribution in [0.1, 0.15) is 26.7 Å². The topological polar surface area (TPSA) is 42.1 Å². The van der Waals surface area contributed by atoms with E-state index < -0.39 is 0 Å². The van der Waals surface area contributed by atoms with Gasteiger partial charge < -0.3 is 10.6 Å². The minimum Gasteiger partial charge on any atom is -0.373 e. The van der Waals surface area contributed by atoms with Crippen molar-refractivity contribution >= 4 is 5.69 Å². The highest BCUT2D eigenvalue weighted by molar-refractivity contribution is 5.42. The highest BCUT2D eigenvalue weighted by atomic mass is 15.1. The molecule has 1 aromatic rings. The molecular weight excluding hydrogens is 186 g/mol. The Balaban J connectivity index is 2.34. The van der Waals surface area contributed by atoms with Gasteiger partial charge in [0.2, 0.25) is 0 Å². The van der Waals surface area contributed by atoms with E-state index in [0.717, 1.165) is 25.1 Å². The fraction of sp³-hybridized carbons (Fsp3) is 0.583. The van der Waals surface area contributed by atoms with Crippen LogP contribution in [-0.4, -0.2) is 24.1 Å². The molecule has 2 N–H and O–H groups in total. The van der Waals surface area contributed by atoms with E-state index in [4.69, 9.17) is 5.73 Å². The predicted molar refractivity (Wildman–Crippen MR) is 65.0 cm³/mol. The van der Waals surface area contributed by atoms with Crippen molar-refractivity contribution in [1.82, 2.24) is 4.98 Å². The highest BCUT2D eigenvalue weighted by Crippen LogP contribution is 2.12. The van der Waals surface area contributed by atoms with Gasteiger partial charge >= 0.3 is 0 Å². The molecule has 0 bridgehead atoms. The first kappa shape index (κ1) is 12.0. The summed E-state index contributed by atoms with van der Waals surface area (Å²) in [7, 11) is 2.08. The van der Waals surface area contributed by atoms with Gasteiger partial charge in [-0.2, -0.15) is 0 Å². The van der Waals surface area contributed by atoms with Crippen LogP contribution in [0.4, 0.5) is 5.69 Å². The molecular formula is C12H21N3. The minimum absolute atomic E-state index is 0.0597. The van der Waals surface area contributed by atoms with Gasteiger partial charge in [-0.1, -0.05) is 0 Å². The Morgan fingerprint density at radius 3 is 2.73 bits per heavy atom. The molecule has 0 spiro atoms. The van der Waals surface area contributed by atoms with E-state index >= 15 is 0 Å². The van der Waals surface area contributed by atoms with Gasteiger partial charge in [0.1, 0.15) is 0 Å². The molecule has 0 unspecified atom stereocenters. The smallest absolute Gasteiger partial charge is 0.0550 e. The van der Waals surface area contributed by atoms with Crippen molar-refractivity contribution < 1.29 is 0 Å². The summed E-state index contributed by atoms with van der Waals surface area (Å²) in [6.07, 6.45) is 5.82. The highest BCUT2D eigenvalue weighted by Gasteiger charge is 2.10. The first-order valence-electron chi connectivity index (χ1n) is 5.39. The van der Waals surface area contributed by atoms with E-state index in [0.29, 0.717) is 0 Å². The van der Waals surface area contributed by atoms with Crippen molar-refractivity contribution in [3.05, 3.63) is 24.5 Å². The van der Waals surface area contributed by atoms with Crippen LogP contribution in [0.3, 0.4) is 0 Å². The van der Waals surface area contributed by atoms with Crippen LogP contribution < -0.4 is 10.6 Å². The third-order valence-corrected chi connectivity index (χ3v) is 2.40. The van der Waals surface area contributed by atoms with E-state index in [2.05, 4.69) is 36.8 Å². The van der Waals surface area contributed by atoms with E-state index in [1.165, 1.54) is 0 Å².